The minimum absolute atomic E-state index is 0.131. The largest absolute Gasteiger partial charge is 0.344 e. The first-order valence-electron chi connectivity index (χ1n) is 5.53. The number of amides is 2. The highest BCUT2D eigenvalue weighted by Crippen LogP contribution is 2.24. The highest BCUT2D eigenvalue weighted by atomic mass is 79.9. The molecule has 0 unspecified atom stereocenters. The van der Waals surface area contributed by atoms with E-state index in [1.807, 2.05) is 0 Å². The van der Waals surface area contributed by atoms with E-state index in [-0.39, 0.29) is 11.8 Å². The Labute approximate surface area is 112 Å². The average Bonchev–Trinajstić information content (AvgIpc) is 2.73. The van der Waals surface area contributed by atoms with E-state index in [1.165, 1.54) is 6.07 Å². The Morgan fingerprint density at radius 1 is 1.56 bits per heavy atom. The van der Waals surface area contributed by atoms with Crippen LogP contribution in [0.25, 0.3) is 0 Å². The summed E-state index contributed by atoms with van der Waals surface area (Å²) in [7, 11) is 0. The maximum Gasteiger partial charge on any atom is 0.246 e. The van der Waals surface area contributed by atoms with Crippen LogP contribution in [0.15, 0.2) is 16.6 Å². The summed E-state index contributed by atoms with van der Waals surface area (Å²) in [6.45, 7) is 1.77. The van der Waals surface area contributed by atoms with Crippen molar-refractivity contribution in [1.29, 1.82) is 0 Å². The van der Waals surface area contributed by atoms with Gasteiger partial charge >= 0.3 is 0 Å². The van der Waals surface area contributed by atoms with E-state index in [2.05, 4.69) is 26.6 Å². The van der Waals surface area contributed by atoms with Gasteiger partial charge in [-0.1, -0.05) is 0 Å². The third-order valence-corrected chi connectivity index (χ3v) is 3.44. The van der Waals surface area contributed by atoms with Crippen molar-refractivity contribution in [2.45, 2.75) is 25.8 Å². The van der Waals surface area contributed by atoms with Crippen LogP contribution in [-0.2, 0) is 9.59 Å². The van der Waals surface area contributed by atoms with Crippen molar-refractivity contribution in [2.24, 2.45) is 0 Å². The number of hydrogen-bond acceptors (Lipinski definition) is 2. The molecule has 1 aromatic carbocycles. The van der Waals surface area contributed by atoms with Gasteiger partial charge in [0.05, 0.1) is 4.47 Å². The summed E-state index contributed by atoms with van der Waals surface area (Å²) in [5, 5.41) is 5.19. The van der Waals surface area contributed by atoms with Crippen molar-refractivity contribution in [3.05, 3.63) is 28.0 Å². The third kappa shape index (κ3) is 2.69. The predicted octanol–water partition coefficient (Wildman–Crippen LogP) is 2.11. The summed E-state index contributed by atoms with van der Waals surface area (Å²) in [6.07, 6.45) is 0.828. The second-order valence-electron chi connectivity index (χ2n) is 4.23. The second kappa shape index (κ2) is 5.06. The van der Waals surface area contributed by atoms with Crippen LogP contribution in [0.1, 0.15) is 18.4 Å². The first kappa shape index (κ1) is 13.0. The van der Waals surface area contributed by atoms with Gasteiger partial charge in [-0.2, -0.15) is 0 Å². The molecule has 1 aromatic rings. The Morgan fingerprint density at radius 2 is 2.28 bits per heavy atom. The van der Waals surface area contributed by atoms with E-state index in [4.69, 9.17) is 0 Å². The minimum atomic E-state index is -0.524. The molecule has 6 heteroatoms. The molecule has 1 heterocycles. The van der Waals surface area contributed by atoms with Gasteiger partial charge < -0.3 is 10.6 Å². The number of halogens is 2. The summed E-state index contributed by atoms with van der Waals surface area (Å²) in [4.78, 5) is 22.9. The van der Waals surface area contributed by atoms with Gasteiger partial charge in [0, 0.05) is 12.1 Å². The topological polar surface area (TPSA) is 58.2 Å². The van der Waals surface area contributed by atoms with E-state index in [9.17, 15) is 14.0 Å². The van der Waals surface area contributed by atoms with Gasteiger partial charge in [-0.3, -0.25) is 9.59 Å². The van der Waals surface area contributed by atoms with Crippen LogP contribution < -0.4 is 10.6 Å². The van der Waals surface area contributed by atoms with Gasteiger partial charge in [-0.25, -0.2) is 4.39 Å². The molecule has 96 valence electrons. The van der Waals surface area contributed by atoms with Gasteiger partial charge in [0.25, 0.3) is 0 Å². The summed E-state index contributed by atoms with van der Waals surface area (Å²) in [6, 6.07) is 2.33. The lowest BCUT2D eigenvalue weighted by molar-refractivity contribution is -0.122. The predicted molar refractivity (Wildman–Crippen MR) is 68.6 cm³/mol. The molecule has 18 heavy (non-hydrogen) atoms. The zero-order valence-electron chi connectivity index (χ0n) is 9.72. The molecular weight excluding hydrogens is 303 g/mol. The standard InChI is InChI=1S/C12H12BrFN2O2/c1-6-4-7(13)8(14)5-10(6)16-12(18)9-2-3-11(17)15-9/h4-5,9H,2-3H2,1H3,(H,15,17)(H,16,18)/t9-/m1/s1. The third-order valence-electron chi connectivity index (χ3n) is 2.84. The molecule has 1 atom stereocenters. The molecule has 1 saturated heterocycles. The molecule has 0 aromatic heterocycles. The summed E-state index contributed by atoms with van der Waals surface area (Å²) >= 11 is 3.08. The Morgan fingerprint density at radius 3 is 2.89 bits per heavy atom. The van der Waals surface area contributed by atoms with Crippen LogP contribution in [0.2, 0.25) is 0 Å². The van der Waals surface area contributed by atoms with Crippen LogP contribution in [0.4, 0.5) is 10.1 Å². The van der Waals surface area contributed by atoms with Crippen LogP contribution in [-0.4, -0.2) is 17.9 Å². The highest BCUT2D eigenvalue weighted by molar-refractivity contribution is 9.10. The number of benzene rings is 1. The lowest BCUT2D eigenvalue weighted by Crippen LogP contribution is -2.37. The fraction of sp³-hybridized carbons (Fsp3) is 0.333. The van der Waals surface area contributed by atoms with Crippen molar-refractivity contribution in [1.82, 2.24) is 5.32 Å². The molecule has 2 amide bonds. The van der Waals surface area contributed by atoms with Crippen molar-refractivity contribution < 1.29 is 14.0 Å². The molecule has 1 fully saturated rings. The van der Waals surface area contributed by atoms with Gasteiger partial charge in [-0.05, 0) is 47.0 Å². The van der Waals surface area contributed by atoms with E-state index in [0.717, 1.165) is 5.56 Å². The van der Waals surface area contributed by atoms with E-state index >= 15 is 0 Å². The van der Waals surface area contributed by atoms with Crippen LogP contribution in [0.5, 0.6) is 0 Å². The number of carbonyl (C=O) groups is 2. The molecule has 1 aliphatic rings. The Bertz CT molecular complexity index is 519. The molecule has 2 N–H and O–H groups in total. The zero-order chi connectivity index (χ0) is 13.3. The number of hydrogen-bond donors (Lipinski definition) is 2. The highest BCUT2D eigenvalue weighted by Gasteiger charge is 2.27. The lowest BCUT2D eigenvalue weighted by Gasteiger charge is -2.13. The summed E-state index contributed by atoms with van der Waals surface area (Å²) in [5.74, 6) is -0.883. The van der Waals surface area contributed by atoms with E-state index in [1.54, 1.807) is 13.0 Å². The monoisotopic (exact) mass is 314 g/mol. The number of nitrogens with one attached hydrogen (secondary N) is 2. The Balaban J connectivity index is 2.12. The quantitative estimate of drug-likeness (QED) is 0.878. The Hall–Kier alpha value is -1.43. The summed E-state index contributed by atoms with van der Waals surface area (Å²) in [5.41, 5.74) is 1.17. The maximum absolute atomic E-state index is 13.4. The van der Waals surface area contributed by atoms with Crippen LogP contribution >= 0.6 is 15.9 Å². The normalized spacial score (nSPS) is 18.6. The SMILES string of the molecule is Cc1cc(Br)c(F)cc1NC(=O)[C@H]1CCC(=O)N1. The van der Waals surface area contributed by atoms with Crippen molar-refractivity contribution >= 4 is 33.4 Å². The maximum atomic E-state index is 13.4. The van der Waals surface area contributed by atoms with Crippen molar-refractivity contribution in [3.63, 3.8) is 0 Å². The average molecular weight is 315 g/mol. The van der Waals surface area contributed by atoms with Crippen LogP contribution in [0.3, 0.4) is 0 Å². The number of anilines is 1. The fourth-order valence-corrected chi connectivity index (χ4v) is 2.27. The Kier molecular flexibility index (Phi) is 3.65. The fourth-order valence-electron chi connectivity index (χ4n) is 1.81. The zero-order valence-corrected chi connectivity index (χ0v) is 11.3. The van der Waals surface area contributed by atoms with E-state index < -0.39 is 11.9 Å². The van der Waals surface area contributed by atoms with Crippen LogP contribution in [0, 0.1) is 12.7 Å². The molecule has 2 rings (SSSR count). The first-order chi connectivity index (χ1) is 8.47. The lowest BCUT2D eigenvalue weighted by atomic mass is 10.1. The molecular formula is C12H12BrFN2O2. The summed E-state index contributed by atoms with van der Waals surface area (Å²) < 4.78 is 13.7. The molecule has 0 radical (unpaired) electrons. The first-order valence-corrected chi connectivity index (χ1v) is 6.32. The van der Waals surface area contributed by atoms with Gasteiger partial charge in [0.1, 0.15) is 11.9 Å². The second-order valence-corrected chi connectivity index (χ2v) is 5.08. The number of aryl methyl sites for hydroxylation is 1. The van der Waals surface area contributed by atoms with Gasteiger partial charge in [-0.15, -0.1) is 0 Å². The smallest absolute Gasteiger partial charge is 0.246 e. The molecule has 0 aliphatic carbocycles. The number of carbonyl (C=O) groups excluding carboxylic acids is 2. The van der Waals surface area contributed by atoms with Gasteiger partial charge in [0.15, 0.2) is 0 Å². The molecule has 4 nitrogen and oxygen atoms in total. The number of rotatable bonds is 2. The van der Waals surface area contributed by atoms with Crippen molar-refractivity contribution in [3.8, 4) is 0 Å². The molecule has 0 spiro atoms. The molecule has 1 aliphatic heterocycles. The molecule has 0 bridgehead atoms. The van der Waals surface area contributed by atoms with Gasteiger partial charge in [0.2, 0.25) is 11.8 Å². The van der Waals surface area contributed by atoms with Crippen molar-refractivity contribution in [2.75, 3.05) is 5.32 Å². The van der Waals surface area contributed by atoms with E-state index in [0.29, 0.717) is 23.0 Å². The minimum Gasteiger partial charge on any atom is -0.344 e. The molecule has 0 saturated carbocycles.